The molecule has 148 valence electrons. The molecule has 1 N–H and O–H groups in total. The summed E-state index contributed by atoms with van der Waals surface area (Å²) in [6.45, 7) is 4.47. The molecule has 4 aromatic heterocycles. The van der Waals surface area contributed by atoms with E-state index in [1.54, 1.807) is 16.8 Å². The molecule has 5 heterocycles. The maximum atomic E-state index is 14.5. The van der Waals surface area contributed by atoms with Crippen molar-refractivity contribution in [3.8, 4) is 11.3 Å². The number of nitrogens with zero attached hydrogens (tertiary/aromatic N) is 6. The summed E-state index contributed by atoms with van der Waals surface area (Å²) in [7, 11) is 0. The van der Waals surface area contributed by atoms with Gasteiger partial charge in [0.25, 0.3) is 5.56 Å². The van der Waals surface area contributed by atoms with Crippen molar-refractivity contribution in [1.29, 1.82) is 0 Å². The zero-order valence-corrected chi connectivity index (χ0v) is 16.5. The topological polar surface area (TPSA) is 79.8 Å². The highest BCUT2D eigenvalue weighted by molar-refractivity contribution is 7.20. The Hall–Kier alpha value is -2.85. The van der Waals surface area contributed by atoms with Gasteiger partial charge in [-0.25, -0.2) is 14.4 Å². The minimum atomic E-state index is -0.446. The minimum absolute atomic E-state index is 0.218. The maximum absolute atomic E-state index is 14.5. The van der Waals surface area contributed by atoms with Gasteiger partial charge in [-0.2, -0.15) is 4.52 Å². The lowest BCUT2D eigenvalue weighted by Crippen LogP contribution is -2.52. The number of imidazole rings is 1. The van der Waals surface area contributed by atoms with Crippen LogP contribution < -0.4 is 15.8 Å². The number of rotatable bonds is 2. The van der Waals surface area contributed by atoms with E-state index >= 15 is 0 Å². The molecule has 1 saturated heterocycles. The summed E-state index contributed by atoms with van der Waals surface area (Å²) in [5, 5.41) is 8.88. The lowest BCUT2D eigenvalue weighted by molar-refractivity contribution is 0.441. The lowest BCUT2D eigenvalue weighted by atomic mass is 10.2. The van der Waals surface area contributed by atoms with E-state index in [2.05, 4.69) is 25.3 Å². The standard InChI is InChI=1S/C19H18FN7OS/c1-11-8-26-9-12(6-13(20)16(26)22-11)14-7-15(28)27-17(23-14)29-18(24-27)25-5-4-21-19(10-25)2-3-19/h6-9,21H,2-5,10H2,1H3. The number of halogens is 1. The number of piperazine rings is 1. The second kappa shape index (κ2) is 5.83. The van der Waals surface area contributed by atoms with Crippen molar-refractivity contribution >= 4 is 27.1 Å². The summed E-state index contributed by atoms with van der Waals surface area (Å²) >= 11 is 1.39. The molecule has 0 atom stereocenters. The van der Waals surface area contributed by atoms with Crippen LogP contribution in [-0.4, -0.2) is 49.2 Å². The second-order valence-electron chi connectivity index (χ2n) is 7.88. The third-order valence-electron chi connectivity index (χ3n) is 5.66. The number of pyridine rings is 1. The summed E-state index contributed by atoms with van der Waals surface area (Å²) in [6, 6.07) is 2.77. The van der Waals surface area contributed by atoms with Crippen molar-refractivity contribution in [1.82, 2.24) is 29.3 Å². The van der Waals surface area contributed by atoms with E-state index in [0.29, 0.717) is 16.2 Å². The van der Waals surface area contributed by atoms with Crippen molar-refractivity contribution < 1.29 is 4.39 Å². The van der Waals surface area contributed by atoms with Crippen LogP contribution in [0.2, 0.25) is 0 Å². The van der Waals surface area contributed by atoms with E-state index in [4.69, 9.17) is 0 Å². The van der Waals surface area contributed by atoms with Crippen LogP contribution in [0.3, 0.4) is 0 Å². The van der Waals surface area contributed by atoms with Crippen molar-refractivity contribution in [3.05, 3.63) is 46.4 Å². The molecule has 0 unspecified atom stereocenters. The number of aryl methyl sites for hydroxylation is 1. The molecule has 0 aromatic carbocycles. The van der Waals surface area contributed by atoms with Crippen molar-refractivity contribution in [2.24, 2.45) is 0 Å². The Kier molecular flexibility index (Phi) is 3.43. The van der Waals surface area contributed by atoms with Crippen LogP contribution in [-0.2, 0) is 0 Å². The summed E-state index contributed by atoms with van der Waals surface area (Å²) in [6.07, 6.45) is 5.85. The molecule has 1 aliphatic heterocycles. The normalized spacial score (nSPS) is 18.2. The Bertz CT molecular complexity index is 1340. The molecular formula is C19H18FN7OS. The van der Waals surface area contributed by atoms with Gasteiger partial charge in [0.05, 0.1) is 11.4 Å². The van der Waals surface area contributed by atoms with Gasteiger partial charge in [-0.05, 0) is 25.8 Å². The van der Waals surface area contributed by atoms with Crippen LogP contribution in [0, 0.1) is 12.7 Å². The molecule has 2 fully saturated rings. The zero-order valence-electron chi connectivity index (χ0n) is 15.7. The van der Waals surface area contributed by atoms with E-state index in [1.807, 2.05) is 6.92 Å². The molecule has 1 spiro atoms. The largest absolute Gasteiger partial charge is 0.344 e. The Morgan fingerprint density at radius 1 is 1.24 bits per heavy atom. The molecule has 8 nitrogen and oxygen atoms in total. The molecule has 0 amide bonds. The highest BCUT2D eigenvalue weighted by atomic mass is 32.1. The first-order valence-electron chi connectivity index (χ1n) is 9.56. The molecule has 0 bridgehead atoms. The number of hydrogen-bond donors (Lipinski definition) is 1. The number of aromatic nitrogens is 5. The zero-order chi connectivity index (χ0) is 19.8. The third-order valence-corrected chi connectivity index (χ3v) is 6.63. The minimum Gasteiger partial charge on any atom is -0.344 e. The number of fused-ring (bicyclic) bond motifs is 2. The van der Waals surface area contributed by atoms with Crippen LogP contribution in [0.25, 0.3) is 21.9 Å². The van der Waals surface area contributed by atoms with Gasteiger partial charge in [-0.15, -0.1) is 5.10 Å². The Balaban J connectivity index is 1.43. The second-order valence-corrected chi connectivity index (χ2v) is 8.81. The molecule has 0 radical (unpaired) electrons. The monoisotopic (exact) mass is 411 g/mol. The third kappa shape index (κ3) is 2.74. The van der Waals surface area contributed by atoms with E-state index in [0.717, 1.165) is 30.5 Å². The summed E-state index contributed by atoms with van der Waals surface area (Å²) in [5.74, 6) is -0.446. The number of hydrogen-bond acceptors (Lipinski definition) is 7. The summed E-state index contributed by atoms with van der Waals surface area (Å²) in [5.41, 5.74) is 1.89. The smallest absolute Gasteiger partial charge is 0.275 e. The fourth-order valence-electron chi connectivity index (χ4n) is 4.00. The van der Waals surface area contributed by atoms with Gasteiger partial charge in [-0.3, -0.25) is 4.79 Å². The van der Waals surface area contributed by atoms with Gasteiger partial charge in [0.15, 0.2) is 11.5 Å². The quantitative estimate of drug-likeness (QED) is 0.542. The van der Waals surface area contributed by atoms with Gasteiger partial charge in [0.2, 0.25) is 10.1 Å². The molecule has 29 heavy (non-hydrogen) atoms. The first kappa shape index (κ1) is 17.0. The van der Waals surface area contributed by atoms with Gasteiger partial charge >= 0.3 is 0 Å². The fourth-order valence-corrected chi connectivity index (χ4v) is 4.93. The van der Waals surface area contributed by atoms with E-state index in [9.17, 15) is 9.18 Å². The molecule has 10 heteroatoms. The van der Waals surface area contributed by atoms with Crippen molar-refractivity contribution in [2.45, 2.75) is 25.3 Å². The van der Waals surface area contributed by atoms with Crippen LogP contribution in [0.15, 0.2) is 29.3 Å². The van der Waals surface area contributed by atoms with Gasteiger partial charge in [-0.1, -0.05) is 11.3 Å². The van der Waals surface area contributed by atoms with E-state index < -0.39 is 5.82 Å². The number of nitrogens with one attached hydrogen (secondary N) is 1. The molecular weight excluding hydrogens is 393 g/mol. The Morgan fingerprint density at radius 2 is 2.10 bits per heavy atom. The molecule has 4 aromatic rings. The predicted molar refractivity (Wildman–Crippen MR) is 108 cm³/mol. The van der Waals surface area contributed by atoms with Crippen LogP contribution in [0.1, 0.15) is 18.5 Å². The number of anilines is 1. The summed E-state index contributed by atoms with van der Waals surface area (Å²) in [4.78, 5) is 24.2. The van der Waals surface area contributed by atoms with Gasteiger partial charge < -0.3 is 14.6 Å². The molecule has 1 saturated carbocycles. The van der Waals surface area contributed by atoms with Crippen molar-refractivity contribution in [2.75, 3.05) is 24.5 Å². The first-order valence-corrected chi connectivity index (χ1v) is 10.4. The molecule has 2 aliphatic rings. The van der Waals surface area contributed by atoms with E-state index in [1.165, 1.54) is 40.8 Å². The van der Waals surface area contributed by atoms with Crippen LogP contribution in [0.4, 0.5) is 9.52 Å². The SMILES string of the molecule is Cc1cn2cc(-c3cc(=O)n4nc(N5CCNC6(CC6)C5)sc4n3)cc(F)c2n1. The molecule has 1 aliphatic carbocycles. The Labute approximate surface area is 168 Å². The van der Waals surface area contributed by atoms with Gasteiger partial charge in [0.1, 0.15) is 0 Å². The summed E-state index contributed by atoms with van der Waals surface area (Å²) < 4.78 is 17.4. The Morgan fingerprint density at radius 3 is 2.93 bits per heavy atom. The fraction of sp³-hybridized carbons (Fsp3) is 0.368. The predicted octanol–water partition coefficient (Wildman–Crippen LogP) is 1.86. The lowest BCUT2D eigenvalue weighted by Gasteiger charge is -2.33. The van der Waals surface area contributed by atoms with E-state index in [-0.39, 0.29) is 16.7 Å². The highest BCUT2D eigenvalue weighted by Gasteiger charge is 2.46. The average molecular weight is 411 g/mol. The van der Waals surface area contributed by atoms with Crippen molar-refractivity contribution in [3.63, 3.8) is 0 Å². The molecule has 6 rings (SSSR count). The maximum Gasteiger partial charge on any atom is 0.275 e. The highest BCUT2D eigenvalue weighted by Crippen LogP contribution is 2.39. The first-order chi connectivity index (χ1) is 14.0. The van der Waals surface area contributed by atoms with Gasteiger partial charge in [0, 0.05) is 49.2 Å². The van der Waals surface area contributed by atoms with Crippen LogP contribution >= 0.6 is 11.3 Å². The average Bonchev–Trinajstić information content (AvgIpc) is 3.13. The van der Waals surface area contributed by atoms with Crippen LogP contribution in [0.5, 0.6) is 0 Å².